The zero-order chi connectivity index (χ0) is 21.0. The second-order valence-corrected chi connectivity index (χ2v) is 6.44. The van der Waals surface area contributed by atoms with E-state index < -0.39 is 18.5 Å². The number of ketones is 1. The van der Waals surface area contributed by atoms with Gasteiger partial charge in [0.2, 0.25) is 0 Å². The number of ether oxygens (including phenoxy) is 2. The smallest absolute Gasteiger partial charge is 0.340 e. The van der Waals surface area contributed by atoms with E-state index in [1.165, 1.54) is 6.92 Å². The number of hydrogen-bond acceptors (Lipinski definition) is 6. The number of carbonyl (C=O) groups is 3. The standard InChI is InChI=1S/C22H20N2O5/c1-13-19(10-16-6-9-18(28-3)11-20(16)23-13)22(27)29-12-21(26)24-17-7-4-15(5-8-17)14(2)25/h4-11H,12H2,1-3H3,(H,24,26). The SMILES string of the molecule is COc1ccc2cc(C(=O)OCC(=O)Nc3ccc(C(C)=O)cc3)c(C)nc2c1. The molecule has 0 saturated carbocycles. The molecule has 2 aromatic carbocycles. The van der Waals surface area contributed by atoms with E-state index in [1.807, 2.05) is 0 Å². The Balaban J connectivity index is 1.64. The van der Waals surface area contributed by atoms with Crippen LogP contribution in [0.4, 0.5) is 5.69 Å². The highest BCUT2D eigenvalue weighted by Gasteiger charge is 2.15. The van der Waals surface area contributed by atoms with Crippen molar-refractivity contribution in [2.75, 3.05) is 19.0 Å². The zero-order valence-electron chi connectivity index (χ0n) is 16.3. The maximum absolute atomic E-state index is 12.4. The van der Waals surface area contributed by atoms with Crippen LogP contribution in [-0.4, -0.2) is 36.4 Å². The second kappa shape index (κ2) is 8.52. The lowest BCUT2D eigenvalue weighted by atomic mass is 10.1. The molecule has 7 heteroatoms. The van der Waals surface area contributed by atoms with Crippen LogP contribution in [0, 0.1) is 6.92 Å². The highest BCUT2D eigenvalue weighted by Crippen LogP contribution is 2.22. The maximum atomic E-state index is 12.4. The van der Waals surface area contributed by atoms with Gasteiger partial charge in [0.05, 0.1) is 23.9 Å². The van der Waals surface area contributed by atoms with Gasteiger partial charge in [0.25, 0.3) is 5.91 Å². The Bertz CT molecular complexity index is 1090. The van der Waals surface area contributed by atoms with Crippen LogP contribution >= 0.6 is 0 Å². The predicted molar refractivity (Wildman–Crippen MR) is 108 cm³/mol. The lowest BCUT2D eigenvalue weighted by Crippen LogP contribution is -2.21. The van der Waals surface area contributed by atoms with Crippen molar-refractivity contribution in [1.82, 2.24) is 4.98 Å². The van der Waals surface area contributed by atoms with Crippen molar-refractivity contribution < 1.29 is 23.9 Å². The molecule has 0 fully saturated rings. The van der Waals surface area contributed by atoms with Gasteiger partial charge >= 0.3 is 5.97 Å². The number of hydrogen-bond donors (Lipinski definition) is 1. The van der Waals surface area contributed by atoms with E-state index in [0.717, 1.165) is 5.39 Å². The molecule has 1 heterocycles. The number of amides is 1. The minimum absolute atomic E-state index is 0.0605. The Morgan fingerprint density at radius 3 is 2.41 bits per heavy atom. The molecule has 0 aliphatic carbocycles. The number of carbonyl (C=O) groups excluding carboxylic acids is 3. The number of aryl methyl sites for hydroxylation is 1. The quantitative estimate of drug-likeness (QED) is 0.509. The minimum atomic E-state index is -0.630. The lowest BCUT2D eigenvalue weighted by molar-refractivity contribution is -0.119. The van der Waals surface area contributed by atoms with Crippen LogP contribution in [0.1, 0.15) is 33.3 Å². The predicted octanol–water partition coefficient (Wildman–Crippen LogP) is 3.55. The molecule has 148 valence electrons. The van der Waals surface area contributed by atoms with Crippen LogP contribution in [0.2, 0.25) is 0 Å². The van der Waals surface area contributed by atoms with Crippen LogP contribution in [0.3, 0.4) is 0 Å². The number of Topliss-reactive ketones (excluding diaryl/α,β-unsaturated/α-hetero) is 1. The number of rotatable bonds is 6. The van der Waals surface area contributed by atoms with Gasteiger partial charge in [0, 0.05) is 22.7 Å². The number of benzene rings is 2. The van der Waals surface area contributed by atoms with E-state index in [9.17, 15) is 14.4 Å². The number of nitrogens with one attached hydrogen (secondary N) is 1. The van der Waals surface area contributed by atoms with Crippen LogP contribution in [0.5, 0.6) is 5.75 Å². The second-order valence-electron chi connectivity index (χ2n) is 6.44. The molecule has 3 rings (SSSR count). The van der Waals surface area contributed by atoms with E-state index in [2.05, 4.69) is 10.3 Å². The van der Waals surface area contributed by atoms with Gasteiger partial charge in [-0.25, -0.2) is 4.79 Å². The third-order valence-electron chi connectivity index (χ3n) is 4.34. The molecule has 0 saturated heterocycles. The van der Waals surface area contributed by atoms with E-state index in [1.54, 1.807) is 62.6 Å². The number of anilines is 1. The number of nitrogens with zero attached hydrogens (tertiary/aromatic N) is 1. The van der Waals surface area contributed by atoms with Crippen molar-refractivity contribution in [2.45, 2.75) is 13.8 Å². The highest BCUT2D eigenvalue weighted by molar-refractivity contribution is 5.98. The van der Waals surface area contributed by atoms with E-state index >= 15 is 0 Å². The molecule has 0 atom stereocenters. The van der Waals surface area contributed by atoms with Crippen LogP contribution in [0.15, 0.2) is 48.5 Å². The monoisotopic (exact) mass is 392 g/mol. The van der Waals surface area contributed by atoms with Gasteiger partial charge in [-0.3, -0.25) is 14.6 Å². The van der Waals surface area contributed by atoms with Gasteiger partial charge in [-0.1, -0.05) is 0 Å². The normalized spacial score (nSPS) is 10.4. The Morgan fingerprint density at radius 1 is 1.03 bits per heavy atom. The molecule has 0 spiro atoms. The van der Waals surface area contributed by atoms with Crippen molar-refractivity contribution in [3.05, 3.63) is 65.4 Å². The van der Waals surface area contributed by atoms with Gasteiger partial charge in [0.1, 0.15) is 5.75 Å². The molecule has 29 heavy (non-hydrogen) atoms. The molecule has 0 bridgehead atoms. The summed E-state index contributed by atoms with van der Waals surface area (Å²) >= 11 is 0. The zero-order valence-corrected chi connectivity index (χ0v) is 16.3. The van der Waals surface area contributed by atoms with Gasteiger partial charge in [0.15, 0.2) is 12.4 Å². The molecule has 1 N–H and O–H groups in total. The molecule has 3 aromatic rings. The summed E-state index contributed by atoms with van der Waals surface area (Å²) in [5.74, 6) is -0.498. The Hall–Kier alpha value is -3.74. The first-order valence-electron chi connectivity index (χ1n) is 8.91. The third kappa shape index (κ3) is 4.76. The van der Waals surface area contributed by atoms with E-state index in [-0.39, 0.29) is 5.78 Å². The van der Waals surface area contributed by atoms with Crippen LogP contribution in [-0.2, 0) is 9.53 Å². The molecule has 1 amide bonds. The van der Waals surface area contributed by atoms with E-state index in [4.69, 9.17) is 9.47 Å². The fraction of sp³-hybridized carbons (Fsp3) is 0.182. The largest absolute Gasteiger partial charge is 0.497 e. The lowest BCUT2D eigenvalue weighted by Gasteiger charge is -2.10. The van der Waals surface area contributed by atoms with Crippen molar-refractivity contribution in [1.29, 1.82) is 0 Å². The number of pyridine rings is 1. The highest BCUT2D eigenvalue weighted by atomic mass is 16.5. The summed E-state index contributed by atoms with van der Waals surface area (Å²) in [4.78, 5) is 40.1. The van der Waals surface area contributed by atoms with Gasteiger partial charge in [-0.15, -0.1) is 0 Å². The molecule has 0 radical (unpaired) electrons. The van der Waals surface area contributed by atoms with Gasteiger partial charge < -0.3 is 14.8 Å². The molecule has 0 unspecified atom stereocenters. The Morgan fingerprint density at radius 2 is 1.76 bits per heavy atom. The van der Waals surface area contributed by atoms with Crippen molar-refractivity contribution >= 4 is 34.3 Å². The first-order chi connectivity index (χ1) is 13.9. The van der Waals surface area contributed by atoms with Crippen molar-refractivity contribution in [3.63, 3.8) is 0 Å². The van der Waals surface area contributed by atoms with Gasteiger partial charge in [-0.05, 0) is 56.3 Å². The molecule has 1 aromatic heterocycles. The summed E-state index contributed by atoms with van der Waals surface area (Å²) in [5.41, 5.74) is 2.54. The molecular formula is C22H20N2O5. The first kappa shape index (κ1) is 20.0. The topological polar surface area (TPSA) is 94.6 Å². The number of aromatic nitrogens is 1. The van der Waals surface area contributed by atoms with Gasteiger partial charge in [-0.2, -0.15) is 0 Å². The summed E-state index contributed by atoms with van der Waals surface area (Å²) in [6, 6.07) is 13.5. The average molecular weight is 392 g/mol. The summed E-state index contributed by atoms with van der Waals surface area (Å²) < 4.78 is 10.3. The van der Waals surface area contributed by atoms with Crippen molar-refractivity contribution in [3.8, 4) is 5.75 Å². The maximum Gasteiger partial charge on any atom is 0.340 e. The van der Waals surface area contributed by atoms with Crippen LogP contribution in [0.25, 0.3) is 10.9 Å². The molecule has 0 aliphatic rings. The third-order valence-corrected chi connectivity index (χ3v) is 4.34. The Labute approximate surface area is 167 Å². The molecular weight excluding hydrogens is 372 g/mol. The van der Waals surface area contributed by atoms with Crippen LogP contribution < -0.4 is 10.1 Å². The summed E-state index contributed by atoms with van der Waals surface area (Å²) in [6.45, 7) is 2.73. The Kier molecular flexibility index (Phi) is 5.87. The number of esters is 1. The fourth-order valence-corrected chi connectivity index (χ4v) is 2.77. The fourth-order valence-electron chi connectivity index (χ4n) is 2.77. The van der Waals surface area contributed by atoms with E-state index in [0.29, 0.717) is 33.8 Å². The average Bonchev–Trinajstić information content (AvgIpc) is 2.71. The molecule has 7 nitrogen and oxygen atoms in total. The minimum Gasteiger partial charge on any atom is -0.497 e. The van der Waals surface area contributed by atoms with Crippen molar-refractivity contribution in [2.24, 2.45) is 0 Å². The molecule has 0 aliphatic heterocycles. The summed E-state index contributed by atoms with van der Waals surface area (Å²) in [7, 11) is 1.57. The number of fused-ring (bicyclic) bond motifs is 1. The first-order valence-corrected chi connectivity index (χ1v) is 8.91. The summed E-state index contributed by atoms with van der Waals surface area (Å²) in [5, 5.41) is 3.38. The summed E-state index contributed by atoms with van der Waals surface area (Å²) in [6.07, 6.45) is 0. The number of methoxy groups -OCH3 is 1.